The number of nitrogens with zero attached hydrogens (tertiary/aromatic N) is 2. The van der Waals surface area contributed by atoms with Crippen LogP contribution in [0.1, 0.15) is 30.5 Å². The fourth-order valence-corrected chi connectivity index (χ4v) is 4.09. The highest BCUT2D eigenvalue weighted by atomic mass is 19.1. The Kier molecular flexibility index (Phi) is 5.29. The Labute approximate surface area is 153 Å². The van der Waals surface area contributed by atoms with E-state index in [0.29, 0.717) is 6.61 Å². The molecule has 0 aliphatic carbocycles. The van der Waals surface area contributed by atoms with Crippen LogP contribution < -0.4 is 0 Å². The Hall–Kier alpha value is -1.82. The van der Waals surface area contributed by atoms with Gasteiger partial charge in [0, 0.05) is 26.2 Å². The van der Waals surface area contributed by atoms with E-state index in [1.165, 1.54) is 17.8 Å². The number of piperidine rings is 1. The highest BCUT2D eigenvalue weighted by molar-refractivity contribution is 5.14. The zero-order valence-electron chi connectivity index (χ0n) is 14.9. The van der Waals surface area contributed by atoms with Crippen molar-refractivity contribution in [2.75, 3.05) is 19.7 Å². The Morgan fingerprint density at radius 2 is 2.12 bits per heavy atom. The van der Waals surface area contributed by atoms with Gasteiger partial charge in [0.15, 0.2) is 0 Å². The number of benzene rings is 1. The van der Waals surface area contributed by atoms with Gasteiger partial charge in [0.1, 0.15) is 11.4 Å². The summed E-state index contributed by atoms with van der Waals surface area (Å²) in [7, 11) is 0. The largest absolute Gasteiger partial charge is 0.371 e. The number of hydrogen-bond donors (Lipinski definition) is 0. The molecule has 2 aliphatic heterocycles. The summed E-state index contributed by atoms with van der Waals surface area (Å²) in [6.45, 7) is 3.91. The van der Waals surface area contributed by atoms with E-state index >= 15 is 0 Å². The first-order chi connectivity index (χ1) is 12.7. The van der Waals surface area contributed by atoms with Crippen LogP contribution in [0.3, 0.4) is 0 Å². The SMILES string of the molecule is Fc1ccc(CN2CC[C@H](OCc3ccccc3)[C@]3(CCCO3)C2)nc1. The first-order valence-electron chi connectivity index (χ1n) is 9.36. The van der Waals surface area contributed by atoms with Crippen LogP contribution in [0.25, 0.3) is 0 Å². The van der Waals surface area contributed by atoms with Gasteiger partial charge in [-0.2, -0.15) is 0 Å². The molecule has 0 bridgehead atoms. The molecule has 0 amide bonds. The molecular weight excluding hydrogens is 331 g/mol. The lowest BCUT2D eigenvalue weighted by Crippen LogP contribution is -2.57. The minimum Gasteiger partial charge on any atom is -0.371 e. The molecule has 1 aromatic carbocycles. The normalized spacial score (nSPS) is 26.4. The standard InChI is InChI=1S/C21H25FN2O2/c22-18-7-8-19(23-13-18)14-24-11-9-20(21(16-24)10-4-12-26-21)25-15-17-5-2-1-3-6-17/h1-3,5-8,13,20H,4,9-12,14-16H2/t20-,21-/m0/s1. The molecule has 0 N–H and O–H groups in total. The first-order valence-corrected chi connectivity index (χ1v) is 9.36. The fraction of sp³-hybridized carbons (Fsp3) is 0.476. The second-order valence-electron chi connectivity index (χ2n) is 7.27. The maximum Gasteiger partial charge on any atom is 0.141 e. The molecule has 1 aromatic heterocycles. The molecule has 0 saturated carbocycles. The molecule has 138 valence electrons. The van der Waals surface area contributed by atoms with Crippen LogP contribution in [0.15, 0.2) is 48.7 Å². The van der Waals surface area contributed by atoms with Gasteiger partial charge in [-0.25, -0.2) is 4.39 Å². The Balaban J connectivity index is 1.41. The van der Waals surface area contributed by atoms with E-state index in [-0.39, 0.29) is 17.5 Å². The van der Waals surface area contributed by atoms with E-state index in [1.807, 2.05) is 18.2 Å². The summed E-state index contributed by atoms with van der Waals surface area (Å²) in [5.41, 5.74) is 1.86. The van der Waals surface area contributed by atoms with E-state index < -0.39 is 0 Å². The summed E-state index contributed by atoms with van der Waals surface area (Å²) in [5, 5.41) is 0. The highest BCUT2D eigenvalue weighted by Crippen LogP contribution is 2.37. The lowest BCUT2D eigenvalue weighted by atomic mass is 9.86. The van der Waals surface area contributed by atoms with Crippen molar-refractivity contribution in [3.63, 3.8) is 0 Å². The van der Waals surface area contributed by atoms with Crippen LogP contribution in [0.5, 0.6) is 0 Å². The average molecular weight is 356 g/mol. The predicted octanol–water partition coefficient (Wildman–Crippen LogP) is 3.56. The summed E-state index contributed by atoms with van der Waals surface area (Å²) < 4.78 is 25.6. The lowest BCUT2D eigenvalue weighted by Gasteiger charge is -2.45. The van der Waals surface area contributed by atoms with E-state index in [4.69, 9.17) is 9.47 Å². The van der Waals surface area contributed by atoms with Crippen molar-refractivity contribution in [3.8, 4) is 0 Å². The zero-order valence-corrected chi connectivity index (χ0v) is 14.9. The fourth-order valence-electron chi connectivity index (χ4n) is 4.09. The van der Waals surface area contributed by atoms with Gasteiger partial charge in [0.2, 0.25) is 0 Å². The topological polar surface area (TPSA) is 34.6 Å². The van der Waals surface area contributed by atoms with Gasteiger partial charge in [0.25, 0.3) is 0 Å². The molecular formula is C21H25FN2O2. The molecule has 1 spiro atoms. The number of hydrogen-bond acceptors (Lipinski definition) is 4. The third-order valence-electron chi connectivity index (χ3n) is 5.39. The van der Waals surface area contributed by atoms with E-state index in [9.17, 15) is 4.39 Å². The molecule has 3 heterocycles. The van der Waals surface area contributed by atoms with Gasteiger partial charge >= 0.3 is 0 Å². The molecule has 5 heteroatoms. The molecule has 0 unspecified atom stereocenters. The van der Waals surface area contributed by atoms with E-state index in [1.54, 1.807) is 6.07 Å². The molecule has 26 heavy (non-hydrogen) atoms. The zero-order chi connectivity index (χ0) is 17.8. The number of likely N-dealkylation sites (tertiary alicyclic amines) is 1. The maximum absolute atomic E-state index is 13.1. The number of halogens is 1. The van der Waals surface area contributed by atoms with Crippen LogP contribution in [0.2, 0.25) is 0 Å². The minimum absolute atomic E-state index is 0.114. The first kappa shape index (κ1) is 17.6. The van der Waals surface area contributed by atoms with Crippen molar-refractivity contribution in [3.05, 3.63) is 65.7 Å². The molecule has 2 saturated heterocycles. The Morgan fingerprint density at radius 1 is 1.23 bits per heavy atom. The van der Waals surface area contributed by atoms with E-state index in [2.05, 4.69) is 22.0 Å². The molecule has 0 radical (unpaired) electrons. The summed E-state index contributed by atoms with van der Waals surface area (Å²) >= 11 is 0. The van der Waals surface area contributed by atoms with Crippen LogP contribution >= 0.6 is 0 Å². The third-order valence-corrected chi connectivity index (χ3v) is 5.39. The van der Waals surface area contributed by atoms with Crippen LogP contribution in [-0.2, 0) is 22.6 Å². The average Bonchev–Trinajstić information content (AvgIpc) is 3.12. The lowest BCUT2D eigenvalue weighted by molar-refractivity contribution is -0.160. The summed E-state index contributed by atoms with van der Waals surface area (Å²) in [6, 6.07) is 13.5. The smallest absolute Gasteiger partial charge is 0.141 e. The van der Waals surface area contributed by atoms with Gasteiger partial charge in [-0.05, 0) is 37.0 Å². The summed E-state index contributed by atoms with van der Waals surface area (Å²) in [4.78, 5) is 6.55. The summed E-state index contributed by atoms with van der Waals surface area (Å²) in [6.07, 6.45) is 4.44. The summed E-state index contributed by atoms with van der Waals surface area (Å²) in [5.74, 6) is -0.294. The molecule has 2 atom stereocenters. The Morgan fingerprint density at radius 3 is 2.85 bits per heavy atom. The Bertz CT molecular complexity index is 702. The quantitative estimate of drug-likeness (QED) is 0.820. The molecule has 4 rings (SSSR count). The number of aromatic nitrogens is 1. The second-order valence-corrected chi connectivity index (χ2v) is 7.27. The van der Waals surface area contributed by atoms with Crippen LogP contribution in [0, 0.1) is 5.82 Å². The van der Waals surface area contributed by atoms with Gasteiger partial charge in [-0.3, -0.25) is 9.88 Å². The molecule has 2 aromatic rings. The number of ether oxygens (including phenoxy) is 2. The predicted molar refractivity (Wildman–Crippen MR) is 97.0 cm³/mol. The van der Waals surface area contributed by atoms with E-state index in [0.717, 1.165) is 51.2 Å². The van der Waals surface area contributed by atoms with Crippen molar-refractivity contribution < 1.29 is 13.9 Å². The van der Waals surface area contributed by atoms with Crippen molar-refractivity contribution in [1.82, 2.24) is 9.88 Å². The molecule has 2 fully saturated rings. The van der Waals surface area contributed by atoms with Gasteiger partial charge in [-0.1, -0.05) is 30.3 Å². The number of rotatable bonds is 5. The highest BCUT2D eigenvalue weighted by Gasteiger charge is 2.47. The van der Waals surface area contributed by atoms with Crippen LogP contribution in [0.4, 0.5) is 4.39 Å². The van der Waals surface area contributed by atoms with Crippen molar-refractivity contribution in [1.29, 1.82) is 0 Å². The van der Waals surface area contributed by atoms with Gasteiger partial charge < -0.3 is 9.47 Å². The monoisotopic (exact) mass is 356 g/mol. The van der Waals surface area contributed by atoms with Crippen molar-refractivity contribution >= 4 is 0 Å². The van der Waals surface area contributed by atoms with Crippen LogP contribution in [-0.4, -0.2) is 41.3 Å². The van der Waals surface area contributed by atoms with Crippen molar-refractivity contribution in [2.45, 2.75) is 44.1 Å². The maximum atomic E-state index is 13.1. The van der Waals surface area contributed by atoms with Crippen molar-refractivity contribution in [2.24, 2.45) is 0 Å². The molecule has 2 aliphatic rings. The second kappa shape index (κ2) is 7.82. The van der Waals surface area contributed by atoms with Gasteiger partial charge in [-0.15, -0.1) is 0 Å². The molecule has 4 nitrogen and oxygen atoms in total. The minimum atomic E-state index is -0.294. The third kappa shape index (κ3) is 3.95. The van der Waals surface area contributed by atoms with Gasteiger partial charge in [0.05, 0.1) is 24.6 Å². The number of pyridine rings is 1.